The first-order chi connectivity index (χ1) is 7.99. The smallest absolute Gasteiger partial charge is 0.269 e. The number of non-ortho nitro benzene ring substituents is 1. The molecule has 0 aliphatic heterocycles. The molecule has 0 bridgehead atoms. The summed E-state index contributed by atoms with van der Waals surface area (Å²) in [7, 11) is 0. The molecule has 1 rings (SSSR count). The van der Waals surface area contributed by atoms with Crippen LogP contribution in [0.5, 0.6) is 0 Å². The Hall–Kier alpha value is -2.30. The van der Waals surface area contributed by atoms with Gasteiger partial charge in [-0.1, -0.05) is 6.08 Å². The molecular weight excluding hydrogens is 222 g/mol. The number of hydrogen-bond acceptors (Lipinski definition) is 4. The minimum atomic E-state index is -0.492. The molecule has 0 spiro atoms. The highest BCUT2D eigenvalue weighted by atomic mass is 16.6. The Morgan fingerprint density at radius 2 is 1.88 bits per heavy atom. The fraction of sp³-hybridized carbons (Fsp3) is 0.167. The standard InChI is InChI=1S/C12H11NO4/c1-9(14)8-12(15)7-4-10-2-5-11(6-3-10)13(16)17/h2-7H,8H2,1H3/b7-4+. The fourth-order valence-corrected chi connectivity index (χ4v) is 1.20. The first-order valence-corrected chi connectivity index (χ1v) is 4.94. The molecule has 5 nitrogen and oxygen atoms in total. The fourth-order valence-electron chi connectivity index (χ4n) is 1.20. The molecular formula is C12H11NO4. The van der Waals surface area contributed by atoms with Crippen molar-refractivity contribution in [3.63, 3.8) is 0 Å². The van der Waals surface area contributed by atoms with Crippen molar-refractivity contribution in [3.05, 3.63) is 46.0 Å². The minimum Gasteiger partial charge on any atom is -0.300 e. The Kier molecular flexibility index (Phi) is 4.28. The number of hydrogen-bond donors (Lipinski definition) is 0. The molecule has 0 radical (unpaired) electrons. The van der Waals surface area contributed by atoms with Crippen LogP contribution in [0.25, 0.3) is 6.08 Å². The maximum Gasteiger partial charge on any atom is 0.269 e. The van der Waals surface area contributed by atoms with E-state index in [1.807, 2.05) is 0 Å². The zero-order chi connectivity index (χ0) is 12.8. The van der Waals surface area contributed by atoms with Crippen LogP contribution < -0.4 is 0 Å². The monoisotopic (exact) mass is 233 g/mol. The molecule has 1 aromatic carbocycles. The van der Waals surface area contributed by atoms with Crippen LogP contribution in [-0.4, -0.2) is 16.5 Å². The molecule has 0 aromatic heterocycles. The van der Waals surface area contributed by atoms with Crippen LogP contribution in [-0.2, 0) is 9.59 Å². The van der Waals surface area contributed by atoms with Crippen molar-refractivity contribution >= 4 is 23.3 Å². The third-order valence-corrected chi connectivity index (χ3v) is 1.99. The number of nitrogens with zero attached hydrogens (tertiary/aromatic N) is 1. The third kappa shape index (κ3) is 4.38. The molecule has 1 aromatic rings. The zero-order valence-electron chi connectivity index (χ0n) is 9.25. The molecule has 0 unspecified atom stereocenters. The normalized spacial score (nSPS) is 10.4. The van der Waals surface area contributed by atoms with E-state index in [4.69, 9.17) is 0 Å². The summed E-state index contributed by atoms with van der Waals surface area (Å²) in [6, 6.07) is 5.79. The Labute approximate surface area is 97.9 Å². The maximum absolute atomic E-state index is 11.2. The Bertz CT molecular complexity index is 474. The lowest BCUT2D eigenvalue weighted by molar-refractivity contribution is -0.384. The second kappa shape index (κ2) is 5.69. The van der Waals surface area contributed by atoms with Crippen molar-refractivity contribution in [1.82, 2.24) is 0 Å². The van der Waals surface area contributed by atoms with Crippen molar-refractivity contribution in [3.8, 4) is 0 Å². The summed E-state index contributed by atoms with van der Waals surface area (Å²) in [4.78, 5) is 31.7. The summed E-state index contributed by atoms with van der Waals surface area (Å²) in [6.07, 6.45) is 2.70. The molecule has 17 heavy (non-hydrogen) atoms. The number of nitro groups is 1. The summed E-state index contributed by atoms with van der Waals surface area (Å²) in [6.45, 7) is 1.34. The van der Waals surface area contributed by atoms with E-state index in [-0.39, 0.29) is 23.7 Å². The highest BCUT2D eigenvalue weighted by molar-refractivity contribution is 6.05. The van der Waals surface area contributed by atoms with Gasteiger partial charge in [-0.2, -0.15) is 0 Å². The predicted octanol–water partition coefficient (Wildman–Crippen LogP) is 2.16. The van der Waals surface area contributed by atoms with Gasteiger partial charge in [-0.05, 0) is 30.7 Å². The van der Waals surface area contributed by atoms with Crippen LogP contribution in [0.3, 0.4) is 0 Å². The molecule has 0 aliphatic rings. The number of benzene rings is 1. The summed E-state index contributed by atoms with van der Waals surface area (Å²) in [5.74, 6) is -0.473. The van der Waals surface area contributed by atoms with Gasteiger partial charge >= 0.3 is 0 Å². The first-order valence-electron chi connectivity index (χ1n) is 4.94. The average Bonchev–Trinajstić information content (AvgIpc) is 2.26. The number of carbonyl (C=O) groups excluding carboxylic acids is 2. The molecule has 0 N–H and O–H groups in total. The highest BCUT2D eigenvalue weighted by Gasteiger charge is 2.03. The number of nitro benzene ring substituents is 1. The van der Waals surface area contributed by atoms with Gasteiger partial charge in [0.2, 0.25) is 0 Å². The summed E-state index contributed by atoms with van der Waals surface area (Å²) < 4.78 is 0. The van der Waals surface area contributed by atoms with Gasteiger partial charge in [0, 0.05) is 12.1 Å². The average molecular weight is 233 g/mol. The van der Waals surface area contributed by atoms with Crippen molar-refractivity contribution in [1.29, 1.82) is 0 Å². The van der Waals surface area contributed by atoms with Gasteiger partial charge in [0.1, 0.15) is 5.78 Å². The first kappa shape index (κ1) is 12.8. The van der Waals surface area contributed by atoms with E-state index in [9.17, 15) is 19.7 Å². The summed E-state index contributed by atoms with van der Waals surface area (Å²) in [5.41, 5.74) is 0.671. The van der Waals surface area contributed by atoms with Crippen LogP contribution in [0.15, 0.2) is 30.3 Å². The van der Waals surface area contributed by atoms with E-state index >= 15 is 0 Å². The van der Waals surface area contributed by atoms with Crippen LogP contribution in [0.4, 0.5) is 5.69 Å². The van der Waals surface area contributed by atoms with Crippen molar-refractivity contribution < 1.29 is 14.5 Å². The van der Waals surface area contributed by atoms with Gasteiger partial charge in [0.05, 0.1) is 11.3 Å². The largest absolute Gasteiger partial charge is 0.300 e. The van der Waals surface area contributed by atoms with Crippen LogP contribution in [0.2, 0.25) is 0 Å². The van der Waals surface area contributed by atoms with Crippen molar-refractivity contribution in [2.75, 3.05) is 0 Å². The quantitative estimate of drug-likeness (QED) is 0.338. The predicted molar refractivity (Wildman–Crippen MR) is 62.4 cm³/mol. The Morgan fingerprint density at radius 1 is 1.29 bits per heavy atom. The second-order valence-electron chi connectivity index (χ2n) is 3.53. The van der Waals surface area contributed by atoms with E-state index in [0.29, 0.717) is 5.56 Å². The Balaban J connectivity index is 2.69. The molecule has 0 heterocycles. The molecule has 5 heteroatoms. The maximum atomic E-state index is 11.2. The SMILES string of the molecule is CC(=O)CC(=O)/C=C/c1ccc([N+](=O)[O-])cc1. The lowest BCUT2D eigenvalue weighted by atomic mass is 10.1. The van der Waals surface area contributed by atoms with E-state index in [0.717, 1.165) is 0 Å². The van der Waals surface area contributed by atoms with Gasteiger partial charge in [-0.15, -0.1) is 0 Å². The molecule has 0 aliphatic carbocycles. The molecule has 0 fully saturated rings. The highest BCUT2D eigenvalue weighted by Crippen LogP contribution is 2.12. The zero-order valence-corrected chi connectivity index (χ0v) is 9.25. The lowest BCUT2D eigenvalue weighted by Gasteiger charge is -1.93. The summed E-state index contributed by atoms with van der Waals surface area (Å²) in [5, 5.41) is 10.4. The number of ketones is 2. The molecule has 0 saturated heterocycles. The summed E-state index contributed by atoms with van der Waals surface area (Å²) >= 11 is 0. The van der Waals surface area contributed by atoms with Crippen molar-refractivity contribution in [2.45, 2.75) is 13.3 Å². The Morgan fingerprint density at radius 3 is 2.35 bits per heavy atom. The van der Waals surface area contributed by atoms with Crippen LogP contribution in [0, 0.1) is 10.1 Å². The van der Waals surface area contributed by atoms with Gasteiger partial charge in [-0.25, -0.2) is 0 Å². The minimum absolute atomic E-state index is 0.00258. The molecule has 0 amide bonds. The van der Waals surface area contributed by atoms with Gasteiger partial charge in [0.25, 0.3) is 5.69 Å². The number of allylic oxidation sites excluding steroid dienone is 1. The van der Waals surface area contributed by atoms with Crippen LogP contribution >= 0.6 is 0 Å². The number of Topliss-reactive ketones (excluding diaryl/α,β-unsaturated/α-hetero) is 1. The van der Waals surface area contributed by atoms with Crippen molar-refractivity contribution in [2.24, 2.45) is 0 Å². The number of rotatable bonds is 5. The van der Waals surface area contributed by atoms with Gasteiger partial charge < -0.3 is 0 Å². The molecule has 0 saturated carbocycles. The van der Waals surface area contributed by atoms with Gasteiger partial charge in [-0.3, -0.25) is 19.7 Å². The topological polar surface area (TPSA) is 77.3 Å². The van der Waals surface area contributed by atoms with Crippen LogP contribution in [0.1, 0.15) is 18.9 Å². The van der Waals surface area contributed by atoms with E-state index < -0.39 is 4.92 Å². The van der Waals surface area contributed by atoms with E-state index in [2.05, 4.69) is 0 Å². The molecule has 0 atom stereocenters. The van der Waals surface area contributed by atoms with E-state index in [1.165, 1.54) is 43.3 Å². The third-order valence-electron chi connectivity index (χ3n) is 1.99. The second-order valence-corrected chi connectivity index (χ2v) is 3.53. The van der Waals surface area contributed by atoms with Gasteiger partial charge in [0.15, 0.2) is 5.78 Å². The van der Waals surface area contributed by atoms with E-state index in [1.54, 1.807) is 0 Å². The lowest BCUT2D eigenvalue weighted by Crippen LogP contribution is -1.99. The number of carbonyl (C=O) groups is 2. The molecule has 88 valence electrons.